The maximum absolute atomic E-state index is 5.60. The van der Waals surface area contributed by atoms with Crippen molar-refractivity contribution in [3.63, 3.8) is 0 Å². The second kappa shape index (κ2) is 8.41. The molecular weight excluding hydrogens is 258 g/mol. The van der Waals surface area contributed by atoms with Crippen molar-refractivity contribution in [2.45, 2.75) is 18.9 Å². The molecule has 2 saturated heterocycles. The first-order valence-corrected chi connectivity index (χ1v) is 7.42. The zero-order valence-corrected chi connectivity index (χ0v) is 12.4. The van der Waals surface area contributed by atoms with E-state index in [0.717, 1.165) is 64.9 Å². The average molecular weight is 285 g/mol. The molecule has 7 heteroatoms. The number of rotatable bonds is 5. The number of hydrogen-bond acceptors (Lipinski definition) is 5. The fourth-order valence-corrected chi connectivity index (χ4v) is 2.81. The van der Waals surface area contributed by atoms with Crippen molar-refractivity contribution in [1.29, 1.82) is 0 Å². The van der Waals surface area contributed by atoms with Crippen LogP contribution in [0.5, 0.6) is 0 Å². The van der Waals surface area contributed by atoms with E-state index in [-0.39, 0.29) is 0 Å². The van der Waals surface area contributed by atoms with Gasteiger partial charge in [0.25, 0.3) is 0 Å². The van der Waals surface area contributed by atoms with Gasteiger partial charge in [0.2, 0.25) is 5.96 Å². The van der Waals surface area contributed by atoms with Gasteiger partial charge in [0.05, 0.1) is 13.2 Å². The van der Waals surface area contributed by atoms with Crippen LogP contribution in [0.2, 0.25) is 0 Å². The number of hydrazine groups is 1. The van der Waals surface area contributed by atoms with Crippen molar-refractivity contribution >= 4 is 5.96 Å². The lowest BCUT2D eigenvalue weighted by Gasteiger charge is -2.32. The first-order valence-electron chi connectivity index (χ1n) is 7.42. The van der Waals surface area contributed by atoms with Gasteiger partial charge in [-0.15, -0.1) is 0 Å². The third kappa shape index (κ3) is 4.31. The average Bonchev–Trinajstić information content (AvgIpc) is 2.98. The third-order valence-corrected chi connectivity index (χ3v) is 3.92. The van der Waals surface area contributed by atoms with E-state index in [0.29, 0.717) is 6.04 Å². The predicted octanol–water partition coefficient (Wildman–Crippen LogP) is -0.751. The van der Waals surface area contributed by atoms with Crippen molar-refractivity contribution in [2.24, 2.45) is 10.8 Å². The summed E-state index contributed by atoms with van der Waals surface area (Å²) in [6.07, 6.45) is 2.08. The van der Waals surface area contributed by atoms with Crippen LogP contribution < -0.4 is 11.3 Å². The Balaban J connectivity index is 1.79. The Morgan fingerprint density at radius 1 is 1.40 bits per heavy atom. The zero-order valence-electron chi connectivity index (χ0n) is 12.4. The van der Waals surface area contributed by atoms with Gasteiger partial charge in [0, 0.05) is 52.5 Å². The minimum absolute atomic E-state index is 0.594. The van der Waals surface area contributed by atoms with Gasteiger partial charge in [0.15, 0.2) is 0 Å². The lowest BCUT2D eigenvalue weighted by Crippen LogP contribution is -2.48. The number of likely N-dealkylation sites (tertiary alicyclic amines) is 1. The lowest BCUT2D eigenvalue weighted by molar-refractivity contribution is 0.0195. The van der Waals surface area contributed by atoms with Crippen molar-refractivity contribution in [1.82, 2.24) is 15.2 Å². The lowest BCUT2D eigenvalue weighted by atomic mass is 10.2. The van der Waals surface area contributed by atoms with Gasteiger partial charge in [0.1, 0.15) is 0 Å². The molecule has 0 aromatic rings. The SMILES string of the molecule is COCCCN=C(NN)N1CCC(N2CCOCC2)C1. The van der Waals surface area contributed by atoms with Crippen LogP contribution in [0.1, 0.15) is 12.8 Å². The summed E-state index contributed by atoms with van der Waals surface area (Å²) in [7, 11) is 1.71. The van der Waals surface area contributed by atoms with Crippen LogP contribution in [-0.4, -0.2) is 81.5 Å². The van der Waals surface area contributed by atoms with E-state index in [1.54, 1.807) is 7.11 Å². The maximum atomic E-state index is 5.60. The molecule has 0 aliphatic carbocycles. The van der Waals surface area contributed by atoms with E-state index in [4.69, 9.17) is 15.3 Å². The molecule has 2 fully saturated rings. The minimum Gasteiger partial charge on any atom is -0.385 e. The number of hydrogen-bond donors (Lipinski definition) is 2. The summed E-state index contributed by atoms with van der Waals surface area (Å²) >= 11 is 0. The number of nitrogens with two attached hydrogens (primary N) is 1. The van der Waals surface area contributed by atoms with Crippen molar-refractivity contribution < 1.29 is 9.47 Å². The Bertz CT molecular complexity index is 307. The molecular formula is C13H27N5O2. The van der Waals surface area contributed by atoms with Crippen LogP contribution in [-0.2, 0) is 9.47 Å². The summed E-state index contributed by atoms with van der Waals surface area (Å²) in [5, 5.41) is 0. The molecule has 0 aromatic carbocycles. The van der Waals surface area contributed by atoms with E-state index < -0.39 is 0 Å². The first-order chi connectivity index (χ1) is 9.85. The number of ether oxygens (including phenoxy) is 2. The van der Waals surface area contributed by atoms with Gasteiger partial charge in [-0.2, -0.15) is 0 Å². The van der Waals surface area contributed by atoms with Crippen molar-refractivity contribution in [3.8, 4) is 0 Å². The van der Waals surface area contributed by atoms with Gasteiger partial charge in [-0.25, -0.2) is 5.84 Å². The zero-order chi connectivity index (χ0) is 14.2. The second-order valence-corrected chi connectivity index (χ2v) is 5.23. The van der Waals surface area contributed by atoms with E-state index in [1.165, 1.54) is 6.42 Å². The van der Waals surface area contributed by atoms with Crippen LogP contribution in [0.15, 0.2) is 4.99 Å². The number of aliphatic imine (C=N–C) groups is 1. The highest BCUT2D eigenvalue weighted by molar-refractivity contribution is 5.79. The normalized spacial score (nSPS) is 25.2. The highest BCUT2D eigenvalue weighted by atomic mass is 16.5. The Hall–Kier alpha value is -0.890. The molecule has 7 nitrogen and oxygen atoms in total. The van der Waals surface area contributed by atoms with Crippen LogP contribution >= 0.6 is 0 Å². The van der Waals surface area contributed by atoms with Crippen molar-refractivity contribution in [2.75, 3.05) is 59.7 Å². The summed E-state index contributed by atoms with van der Waals surface area (Å²) in [6.45, 7) is 7.25. The predicted molar refractivity (Wildman–Crippen MR) is 78.5 cm³/mol. The third-order valence-electron chi connectivity index (χ3n) is 3.92. The van der Waals surface area contributed by atoms with E-state index in [1.807, 2.05) is 0 Å². The monoisotopic (exact) mass is 285 g/mol. The van der Waals surface area contributed by atoms with Gasteiger partial charge >= 0.3 is 0 Å². The van der Waals surface area contributed by atoms with Crippen LogP contribution in [0.3, 0.4) is 0 Å². The highest BCUT2D eigenvalue weighted by Gasteiger charge is 2.30. The van der Waals surface area contributed by atoms with Crippen molar-refractivity contribution in [3.05, 3.63) is 0 Å². The fourth-order valence-electron chi connectivity index (χ4n) is 2.81. The fraction of sp³-hybridized carbons (Fsp3) is 0.923. The molecule has 116 valence electrons. The first kappa shape index (κ1) is 15.5. The van der Waals surface area contributed by atoms with E-state index >= 15 is 0 Å². The van der Waals surface area contributed by atoms with Crippen LogP contribution in [0.4, 0.5) is 0 Å². The molecule has 20 heavy (non-hydrogen) atoms. The molecule has 3 N–H and O–H groups in total. The molecule has 1 unspecified atom stereocenters. The molecule has 0 radical (unpaired) electrons. The summed E-state index contributed by atoms with van der Waals surface area (Å²) in [6, 6.07) is 0.594. The number of methoxy groups -OCH3 is 1. The molecule has 0 saturated carbocycles. The van der Waals surface area contributed by atoms with E-state index in [2.05, 4.69) is 20.2 Å². The molecule has 2 heterocycles. The molecule has 2 rings (SSSR count). The smallest absolute Gasteiger partial charge is 0.208 e. The second-order valence-electron chi connectivity index (χ2n) is 5.23. The Morgan fingerprint density at radius 2 is 2.20 bits per heavy atom. The maximum Gasteiger partial charge on any atom is 0.208 e. The molecule has 0 aromatic heterocycles. The molecule has 0 bridgehead atoms. The number of morpholine rings is 1. The summed E-state index contributed by atoms with van der Waals surface area (Å²) in [5.41, 5.74) is 2.74. The molecule has 2 aliphatic rings. The largest absolute Gasteiger partial charge is 0.385 e. The minimum atomic E-state index is 0.594. The van der Waals surface area contributed by atoms with Crippen LogP contribution in [0.25, 0.3) is 0 Å². The highest BCUT2D eigenvalue weighted by Crippen LogP contribution is 2.16. The molecule has 1 atom stereocenters. The summed E-state index contributed by atoms with van der Waals surface area (Å²) in [5.74, 6) is 6.41. The Labute approximate surface area is 121 Å². The standard InChI is InChI=1S/C13H27N5O2/c1-19-8-2-4-15-13(16-14)18-5-3-12(11-18)17-6-9-20-10-7-17/h12H,2-11,14H2,1H3,(H,15,16). The molecule has 2 aliphatic heterocycles. The topological polar surface area (TPSA) is 75.4 Å². The number of nitrogens with zero attached hydrogens (tertiary/aromatic N) is 3. The number of guanidine groups is 1. The Kier molecular flexibility index (Phi) is 6.52. The van der Waals surface area contributed by atoms with E-state index in [9.17, 15) is 0 Å². The van der Waals surface area contributed by atoms with Gasteiger partial charge < -0.3 is 14.4 Å². The molecule has 0 spiro atoms. The summed E-state index contributed by atoms with van der Waals surface area (Å²) in [4.78, 5) is 9.28. The number of nitrogens with one attached hydrogen (secondary N) is 1. The summed E-state index contributed by atoms with van der Waals surface area (Å²) < 4.78 is 10.4. The van der Waals surface area contributed by atoms with Crippen LogP contribution in [0, 0.1) is 0 Å². The van der Waals surface area contributed by atoms with Gasteiger partial charge in [-0.05, 0) is 12.8 Å². The quantitative estimate of drug-likeness (QED) is 0.228. The van der Waals surface area contributed by atoms with Gasteiger partial charge in [-0.1, -0.05) is 0 Å². The van der Waals surface area contributed by atoms with Gasteiger partial charge in [-0.3, -0.25) is 15.3 Å². The molecule has 0 amide bonds. The Morgan fingerprint density at radius 3 is 2.90 bits per heavy atom.